The van der Waals surface area contributed by atoms with E-state index in [1.165, 1.54) is 0 Å². The number of carbonyl (C=O) groups is 2. The number of H-pyrrole nitrogens is 1. The first-order valence-corrected chi connectivity index (χ1v) is 7.18. The van der Waals surface area contributed by atoms with Gasteiger partial charge in [-0.1, -0.05) is 30.4 Å². The molecule has 1 heterocycles. The summed E-state index contributed by atoms with van der Waals surface area (Å²) >= 11 is 0. The number of amides is 1. The maximum atomic E-state index is 12.1. The Morgan fingerprint density at radius 3 is 2.73 bits per heavy atom. The van der Waals surface area contributed by atoms with E-state index in [9.17, 15) is 9.59 Å². The fraction of sp³-hybridized carbons (Fsp3) is 0.294. The number of esters is 1. The number of hydrogen-bond acceptors (Lipinski definition) is 3. The SMILES string of the molecule is C=C(C)CN(CC)C(=O)COC(=O)c1c[nH]c2ccccc12. The molecule has 1 amide bonds. The molecule has 22 heavy (non-hydrogen) atoms. The monoisotopic (exact) mass is 300 g/mol. The molecule has 0 fully saturated rings. The van der Waals surface area contributed by atoms with Gasteiger partial charge in [0.2, 0.25) is 0 Å². The number of fused-ring (bicyclic) bond motifs is 1. The Kier molecular flexibility index (Phi) is 4.99. The summed E-state index contributed by atoms with van der Waals surface area (Å²) in [5, 5.41) is 0.786. The molecule has 0 aliphatic rings. The summed E-state index contributed by atoms with van der Waals surface area (Å²) in [6.45, 7) is 8.28. The summed E-state index contributed by atoms with van der Waals surface area (Å²) in [6.07, 6.45) is 1.60. The number of nitrogens with one attached hydrogen (secondary N) is 1. The summed E-state index contributed by atoms with van der Waals surface area (Å²) in [5.41, 5.74) is 2.18. The van der Waals surface area contributed by atoms with Crippen LogP contribution in [0.2, 0.25) is 0 Å². The number of aromatic nitrogens is 1. The standard InChI is InChI=1S/C17H20N2O3/c1-4-19(10-12(2)3)16(20)11-22-17(21)14-9-18-15-8-6-5-7-13(14)15/h5-9,18H,2,4,10-11H2,1,3H3. The highest BCUT2D eigenvalue weighted by atomic mass is 16.5. The zero-order valence-electron chi connectivity index (χ0n) is 12.9. The predicted molar refractivity (Wildman–Crippen MR) is 85.6 cm³/mol. The lowest BCUT2D eigenvalue weighted by Gasteiger charge is -2.20. The first-order chi connectivity index (χ1) is 10.5. The molecule has 0 aliphatic heterocycles. The predicted octanol–water partition coefficient (Wildman–Crippen LogP) is 2.75. The van der Waals surface area contributed by atoms with E-state index < -0.39 is 5.97 Å². The van der Waals surface area contributed by atoms with E-state index in [4.69, 9.17) is 4.74 Å². The Balaban J connectivity index is 2.00. The van der Waals surface area contributed by atoms with Crippen molar-refractivity contribution in [2.24, 2.45) is 0 Å². The van der Waals surface area contributed by atoms with Gasteiger partial charge < -0.3 is 14.6 Å². The van der Waals surface area contributed by atoms with Crippen molar-refractivity contribution in [1.29, 1.82) is 0 Å². The van der Waals surface area contributed by atoms with Crippen LogP contribution in [-0.2, 0) is 9.53 Å². The highest BCUT2D eigenvalue weighted by Gasteiger charge is 2.17. The van der Waals surface area contributed by atoms with E-state index in [0.717, 1.165) is 16.5 Å². The molecule has 0 saturated heterocycles. The summed E-state index contributed by atoms with van der Waals surface area (Å²) in [5.74, 6) is -0.726. The second kappa shape index (κ2) is 6.93. The third-order valence-corrected chi connectivity index (χ3v) is 3.33. The zero-order valence-corrected chi connectivity index (χ0v) is 12.9. The summed E-state index contributed by atoms with van der Waals surface area (Å²) in [7, 11) is 0. The molecule has 0 aliphatic carbocycles. The Morgan fingerprint density at radius 1 is 1.32 bits per heavy atom. The van der Waals surface area contributed by atoms with Crippen LogP contribution >= 0.6 is 0 Å². The van der Waals surface area contributed by atoms with Crippen molar-refractivity contribution in [1.82, 2.24) is 9.88 Å². The van der Waals surface area contributed by atoms with Gasteiger partial charge in [-0.05, 0) is 19.9 Å². The van der Waals surface area contributed by atoms with Crippen LogP contribution in [0.25, 0.3) is 10.9 Å². The van der Waals surface area contributed by atoms with Crippen LogP contribution in [0.4, 0.5) is 0 Å². The molecule has 2 rings (SSSR count). The number of carbonyl (C=O) groups excluding carboxylic acids is 2. The number of rotatable bonds is 6. The lowest BCUT2D eigenvalue weighted by Crippen LogP contribution is -2.35. The zero-order chi connectivity index (χ0) is 16.1. The Hall–Kier alpha value is -2.56. The van der Waals surface area contributed by atoms with E-state index >= 15 is 0 Å². The van der Waals surface area contributed by atoms with E-state index in [-0.39, 0.29) is 12.5 Å². The first-order valence-electron chi connectivity index (χ1n) is 7.18. The molecule has 1 N–H and O–H groups in total. The second-order valence-corrected chi connectivity index (χ2v) is 5.19. The van der Waals surface area contributed by atoms with Crippen molar-refractivity contribution >= 4 is 22.8 Å². The smallest absolute Gasteiger partial charge is 0.340 e. The maximum Gasteiger partial charge on any atom is 0.340 e. The van der Waals surface area contributed by atoms with Gasteiger partial charge in [-0.2, -0.15) is 0 Å². The Labute approximate surface area is 129 Å². The van der Waals surface area contributed by atoms with E-state index in [0.29, 0.717) is 18.7 Å². The summed E-state index contributed by atoms with van der Waals surface area (Å²) in [4.78, 5) is 28.8. The average molecular weight is 300 g/mol. The first kappa shape index (κ1) is 15.8. The number of aromatic amines is 1. The third kappa shape index (κ3) is 3.55. The number of hydrogen-bond donors (Lipinski definition) is 1. The molecule has 0 atom stereocenters. The van der Waals surface area contributed by atoms with Gasteiger partial charge in [0.05, 0.1) is 5.56 Å². The molecule has 0 bridgehead atoms. The Morgan fingerprint density at radius 2 is 2.05 bits per heavy atom. The molecule has 1 aromatic heterocycles. The molecule has 1 aromatic carbocycles. The molecular formula is C17H20N2O3. The third-order valence-electron chi connectivity index (χ3n) is 3.33. The highest BCUT2D eigenvalue weighted by molar-refractivity contribution is 6.04. The molecule has 116 valence electrons. The van der Waals surface area contributed by atoms with Crippen molar-refractivity contribution in [3.05, 3.63) is 48.2 Å². The van der Waals surface area contributed by atoms with Crippen LogP contribution < -0.4 is 0 Å². The van der Waals surface area contributed by atoms with Crippen molar-refractivity contribution in [3.63, 3.8) is 0 Å². The Bertz CT molecular complexity index is 703. The molecule has 0 spiro atoms. The van der Waals surface area contributed by atoms with Crippen molar-refractivity contribution in [2.75, 3.05) is 19.7 Å². The van der Waals surface area contributed by atoms with Crippen LogP contribution in [0.15, 0.2) is 42.6 Å². The van der Waals surface area contributed by atoms with Crippen LogP contribution in [0.3, 0.4) is 0 Å². The molecule has 0 saturated carbocycles. The van der Waals surface area contributed by atoms with Gasteiger partial charge in [0.1, 0.15) is 0 Å². The molecule has 0 unspecified atom stereocenters. The van der Waals surface area contributed by atoms with Crippen molar-refractivity contribution in [2.45, 2.75) is 13.8 Å². The van der Waals surface area contributed by atoms with Gasteiger partial charge in [-0.15, -0.1) is 0 Å². The minimum Gasteiger partial charge on any atom is -0.452 e. The number of nitrogens with zero attached hydrogens (tertiary/aromatic N) is 1. The van der Waals surface area contributed by atoms with Gasteiger partial charge in [0.25, 0.3) is 5.91 Å². The fourth-order valence-electron chi connectivity index (χ4n) is 2.24. The van der Waals surface area contributed by atoms with Gasteiger partial charge in [0, 0.05) is 30.2 Å². The fourth-order valence-corrected chi connectivity index (χ4v) is 2.24. The van der Waals surface area contributed by atoms with E-state index in [1.807, 2.05) is 38.1 Å². The lowest BCUT2D eigenvalue weighted by atomic mass is 10.2. The van der Waals surface area contributed by atoms with Gasteiger partial charge in [-0.3, -0.25) is 4.79 Å². The van der Waals surface area contributed by atoms with E-state index in [1.54, 1.807) is 11.1 Å². The van der Waals surface area contributed by atoms with Crippen LogP contribution in [0.5, 0.6) is 0 Å². The van der Waals surface area contributed by atoms with Crippen LogP contribution in [-0.4, -0.2) is 41.5 Å². The largest absolute Gasteiger partial charge is 0.452 e. The number of para-hydroxylation sites is 1. The molecular weight excluding hydrogens is 280 g/mol. The molecule has 5 nitrogen and oxygen atoms in total. The number of benzene rings is 1. The molecule has 0 radical (unpaired) electrons. The van der Waals surface area contributed by atoms with Crippen LogP contribution in [0.1, 0.15) is 24.2 Å². The summed E-state index contributed by atoms with van der Waals surface area (Å²) < 4.78 is 5.14. The molecule has 2 aromatic rings. The van der Waals surface area contributed by atoms with Gasteiger partial charge in [0.15, 0.2) is 6.61 Å². The minimum atomic E-state index is -0.503. The average Bonchev–Trinajstić information content (AvgIpc) is 2.93. The van der Waals surface area contributed by atoms with E-state index in [2.05, 4.69) is 11.6 Å². The highest BCUT2D eigenvalue weighted by Crippen LogP contribution is 2.18. The quantitative estimate of drug-likeness (QED) is 0.659. The topological polar surface area (TPSA) is 62.4 Å². The van der Waals surface area contributed by atoms with Crippen molar-refractivity contribution in [3.8, 4) is 0 Å². The van der Waals surface area contributed by atoms with Gasteiger partial charge in [-0.25, -0.2) is 4.79 Å². The second-order valence-electron chi connectivity index (χ2n) is 5.19. The normalized spacial score (nSPS) is 10.5. The number of ether oxygens (including phenoxy) is 1. The van der Waals surface area contributed by atoms with Crippen molar-refractivity contribution < 1.29 is 14.3 Å². The maximum absolute atomic E-state index is 12.1. The number of likely N-dealkylation sites (N-methyl/N-ethyl adjacent to an activating group) is 1. The summed E-state index contributed by atoms with van der Waals surface area (Å²) in [6, 6.07) is 7.45. The molecule has 5 heteroatoms. The van der Waals surface area contributed by atoms with Gasteiger partial charge >= 0.3 is 5.97 Å². The lowest BCUT2D eigenvalue weighted by molar-refractivity contribution is -0.133. The van der Waals surface area contributed by atoms with Crippen LogP contribution in [0, 0.1) is 0 Å². The minimum absolute atomic E-state index is 0.223.